The SMILES string of the molecule is O=C(Oc1ccc([N+](=O)[O-])cc1)SOc1ccc([N+](=O)[O-])cc1. The first-order chi connectivity index (χ1) is 11.0. The van der Waals surface area contributed by atoms with Gasteiger partial charge in [-0.05, 0) is 24.3 Å². The van der Waals surface area contributed by atoms with E-state index in [4.69, 9.17) is 8.92 Å². The number of ether oxygens (including phenoxy) is 1. The molecule has 2 aromatic carbocycles. The molecule has 0 saturated heterocycles. The molecule has 0 aromatic heterocycles. The number of benzene rings is 2. The van der Waals surface area contributed by atoms with Crippen LogP contribution in [0.4, 0.5) is 16.2 Å². The maximum atomic E-state index is 11.6. The summed E-state index contributed by atoms with van der Waals surface area (Å²) in [6, 6.07) is 10.1. The van der Waals surface area contributed by atoms with Crippen LogP contribution >= 0.6 is 12.0 Å². The van der Waals surface area contributed by atoms with E-state index in [9.17, 15) is 25.0 Å². The van der Waals surface area contributed by atoms with E-state index in [-0.39, 0.29) is 22.9 Å². The first-order valence-electron chi connectivity index (χ1n) is 6.01. The van der Waals surface area contributed by atoms with E-state index in [0.29, 0.717) is 12.0 Å². The van der Waals surface area contributed by atoms with Gasteiger partial charge < -0.3 is 8.92 Å². The summed E-state index contributed by atoms with van der Waals surface area (Å²) in [4.78, 5) is 31.4. The highest BCUT2D eigenvalue weighted by molar-refractivity contribution is 8.09. The Morgan fingerprint density at radius 1 is 0.826 bits per heavy atom. The number of nitro benzene ring substituents is 2. The van der Waals surface area contributed by atoms with Gasteiger partial charge in [-0.2, -0.15) is 0 Å². The minimum atomic E-state index is -0.794. The molecule has 0 aliphatic heterocycles. The molecule has 0 heterocycles. The number of hydrogen-bond donors (Lipinski definition) is 0. The molecule has 9 nitrogen and oxygen atoms in total. The number of carbonyl (C=O) groups is 1. The summed E-state index contributed by atoms with van der Waals surface area (Å²) < 4.78 is 9.95. The molecule has 0 N–H and O–H groups in total. The Bertz CT molecular complexity index is 731. The molecule has 23 heavy (non-hydrogen) atoms. The fourth-order valence-electron chi connectivity index (χ4n) is 1.45. The van der Waals surface area contributed by atoms with Crippen molar-refractivity contribution in [1.29, 1.82) is 0 Å². The Labute approximate surface area is 133 Å². The average molecular weight is 336 g/mol. The third kappa shape index (κ3) is 4.68. The van der Waals surface area contributed by atoms with Crippen LogP contribution in [-0.2, 0) is 0 Å². The summed E-state index contributed by atoms with van der Waals surface area (Å²) in [5.41, 5.74) is -0.226. The van der Waals surface area contributed by atoms with Gasteiger partial charge in [0.05, 0.1) is 9.85 Å². The maximum absolute atomic E-state index is 11.6. The Morgan fingerprint density at radius 2 is 1.26 bits per heavy atom. The average Bonchev–Trinajstić information content (AvgIpc) is 2.54. The summed E-state index contributed by atoms with van der Waals surface area (Å²) in [5.74, 6) is 0.363. The van der Waals surface area contributed by atoms with Gasteiger partial charge in [-0.15, -0.1) is 0 Å². The van der Waals surface area contributed by atoms with Crippen molar-refractivity contribution in [3.63, 3.8) is 0 Å². The van der Waals surface area contributed by atoms with Crippen LogP contribution in [-0.4, -0.2) is 15.1 Å². The molecule has 0 aliphatic carbocycles. The van der Waals surface area contributed by atoms with E-state index in [1.165, 1.54) is 48.5 Å². The molecule has 0 fully saturated rings. The molecular weight excluding hydrogens is 328 g/mol. The van der Waals surface area contributed by atoms with Gasteiger partial charge in [-0.25, -0.2) is 4.79 Å². The second-order valence-electron chi connectivity index (χ2n) is 4.02. The summed E-state index contributed by atoms with van der Waals surface area (Å²) in [5, 5.41) is 20.2. The molecule has 118 valence electrons. The van der Waals surface area contributed by atoms with Gasteiger partial charge >= 0.3 is 5.30 Å². The van der Waals surface area contributed by atoms with Crippen molar-refractivity contribution in [2.24, 2.45) is 0 Å². The summed E-state index contributed by atoms with van der Waals surface area (Å²) in [7, 11) is 0. The van der Waals surface area contributed by atoms with Crippen molar-refractivity contribution in [2.45, 2.75) is 0 Å². The molecule has 0 spiro atoms. The summed E-state index contributed by atoms with van der Waals surface area (Å²) >= 11 is 0.384. The molecule has 0 atom stereocenters. The third-order valence-corrected chi connectivity index (χ3v) is 3.00. The van der Waals surface area contributed by atoms with E-state index in [1.807, 2.05) is 0 Å². The van der Waals surface area contributed by atoms with Gasteiger partial charge in [0.2, 0.25) is 0 Å². The molecule has 0 saturated carbocycles. The topological polar surface area (TPSA) is 122 Å². The fraction of sp³-hybridized carbons (Fsp3) is 0. The highest BCUT2D eigenvalue weighted by Gasteiger charge is 2.11. The van der Waals surface area contributed by atoms with Crippen molar-refractivity contribution in [3.05, 3.63) is 68.8 Å². The zero-order valence-electron chi connectivity index (χ0n) is 11.3. The zero-order valence-corrected chi connectivity index (χ0v) is 12.1. The second-order valence-corrected chi connectivity index (χ2v) is 4.69. The van der Waals surface area contributed by atoms with E-state index in [1.54, 1.807) is 0 Å². The van der Waals surface area contributed by atoms with Crippen LogP contribution in [0.25, 0.3) is 0 Å². The largest absolute Gasteiger partial charge is 0.416 e. The zero-order chi connectivity index (χ0) is 16.8. The van der Waals surface area contributed by atoms with Crippen molar-refractivity contribution in [2.75, 3.05) is 0 Å². The van der Waals surface area contributed by atoms with Crippen LogP contribution in [0.15, 0.2) is 48.5 Å². The number of carbonyl (C=O) groups excluding carboxylic acids is 1. The third-order valence-electron chi connectivity index (χ3n) is 2.50. The highest BCUT2D eigenvalue weighted by atomic mass is 32.2. The van der Waals surface area contributed by atoms with Crippen molar-refractivity contribution in [3.8, 4) is 11.5 Å². The number of hydrogen-bond acceptors (Lipinski definition) is 8. The number of non-ortho nitro benzene ring substituents is 2. The lowest BCUT2D eigenvalue weighted by molar-refractivity contribution is -0.385. The van der Waals surface area contributed by atoms with E-state index in [0.717, 1.165) is 0 Å². The Balaban J connectivity index is 1.87. The molecule has 0 bridgehead atoms. The van der Waals surface area contributed by atoms with Gasteiger partial charge in [-0.1, -0.05) is 0 Å². The molecule has 2 aromatic rings. The smallest absolute Gasteiger partial charge is 0.412 e. The standard InChI is InChI=1S/C13H8N2O7S/c16-13(21-11-5-1-9(2-6-11)14(17)18)23-22-12-7-3-10(4-8-12)15(19)20/h1-8H. The van der Waals surface area contributed by atoms with E-state index >= 15 is 0 Å². The molecule has 2 rings (SSSR count). The number of nitro groups is 2. The van der Waals surface area contributed by atoms with Crippen LogP contribution in [0, 0.1) is 20.2 Å². The van der Waals surface area contributed by atoms with Gasteiger partial charge in [0.1, 0.15) is 11.5 Å². The van der Waals surface area contributed by atoms with Crippen molar-refractivity contribution < 1.29 is 23.6 Å². The van der Waals surface area contributed by atoms with Crippen LogP contribution < -0.4 is 8.92 Å². The van der Waals surface area contributed by atoms with Gasteiger partial charge in [0, 0.05) is 24.3 Å². The monoisotopic (exact) mass is 336 g/mol. The minimum absolute atomic E-state index is 0.101. The fourth-order valence-corrected chi connectivity index (χ4v) is 1.86. The highest BCUT2D eigenvalue weighted by Crippen LogP contribution is 2.23. The van der Waals surface area contributed by atoms with Crippen molar-refractivity contribution >= 4 is 28.7 Å². The molecule has 0 radical (unpaired) electrons. The van der Waals surface area contributed by atoms with Gasteiger partial charge in [-0.3, -0.25) is 20.2 Å². The molecule has 0 aliphatic rings. The lowest BCUT2D eigenvalue weighted by atomic mass is 10.3. The summed E-state index contributed by atoms with van der Waals surface area (Å²) in [6.45, 7) is 0. The normalized spacial score (nSPS) is 9.91. The van der Waals surface area contributed by atoms with Crippen LogP contribution in [0.3, 0.4) is 0 Å². The Morgan fingerprint density at radius 3 is 1.70 bits per heavy atom. The predicted octanol–water partition coefficient (Wildman–Crippen LogP) is 3.73. The van der Waals surface area contributed by atoms with Crippen LogP contribution in [0.1, 0.15) is 0 Å². The quantitative estimate of drug-likeness (QED) is 0.350. The number of rotatable bonds is 5. The number of nitrogens with zero attached hydrogens (tertiary/aromatic N) is 2. The molecule has 10 heteroatoms. The summed E-state index contributed by atoms with van der Waals surface area (Å²) in [6.07, 6.45) is 0. The molecule has 0 amide bonds. The lowest BCUT2D eigenvalue weighted by Gasteiger charge is -2.04. The van der Waals surface area contributed by atoms with Crippen LogP contribution in [0.2, 0.25) is 0 Å². The molecule has 0 unspecified atom stereocenters. The van der Waals surface area contributed by atoms with Crippen molar-refractivity contribution in [1.82, 2.24) is 0 Å². The Hall–Kier alpha value is -3.14. The Kier molecular flexibility index (Phi) is 5.10. The van der Waals surface area contributed by atoms with E-state index < -0.39 is 15.1 Å². The van der Waals surface area contributed by atoms with Crippen LogP contribution in [0.5, 0.6) is 11.5 Å². The minimum Gasteiger partial charge on any atom is -0.416 e. The second kappa shape index (κ2) is 7.22. The predicted molar refractivity (Wildman–Crippen MR) is 80.4 cm³/mol. The van der Waals surface area contributed by atoms with Gasteiger partial charge in [0.25, 0.3) is 11.4 Å². The molecular formula is C13H8N2O7S. The van der Waals surface area contributed by atoms with E-state index in [2.05, 4.69) is 0 Å². The first-order valence-corrected chi connectivity index (χ1v) is 6.75. The first kappa shape index (κ1) is 16.2. The lowest BCUT2D eigenvalue weighted by Crippen LogP contribution is -2.02. The maximum Gasteiger partial charge on any atom is 0.412 e. The van der Waals surface area contributed by atoms with Gasteiger partial charge in [0.15, 0.2) is 12.0 Å².